The van der Waals surface area contributed by atoms with Gasteiger partial charge in [0.2, 0.25) is 0 Å². The van der Waals surface area contributed by atoms with Crippen molar-refractivity contribution in [1.29, 1.82) is 0 Å². The molecule has 3 rings (SSSR count). The molecule has 1 saturated heterocycles. The molecule has 0 saturated carbocycles. The first-order chi connectivity index (χ1) is 16.9. The Bertz CT molecular complexity index is 1090. The maximum absolute atomic E-state index is 13.0. The van der Waals surface area contributed by atoms with Crippen LogP contribution in [0.25, 0.3) is 6.08 Å². The van der Waals surface area contributed by atoms with Gasteiger partial charge in [-0.3, -0.25) is 9.69 Å². The van der Waals surface area contributed by atoms with E-state index in [9.17, 15) is 13.6 Å². The number of nitrogens with zero attached hydrogens (tertiary/aromatic N) is 1. The lowest BCUT2D eigenvalue weighted by molar-refractivity contribution is -0.122. The van der Waals surface area contributed by atoms with Gasteiger partial charge < -0.3 is 24.3 Å². The molecular formula is C25H28F2N2O5S. The summed E-state index contributed by atoms with van der Waals surface area (Å²) in [4.78, 5) is 14.5. The largest absolute Gasteiger partial charge is 0.490 e. The number of hydrogen-bond acceptors (Lipinski definition) is 6. The molecule has 0 atom stereocenters. The van der Waals surface area contributed by atoms with Gasteiger partial charge in [-0.15, -0.1) is 0 Å². The fraction of sp³-hybridized carbons (Fsp3) is 0.360. The van der Waals surface area contributed by atoms with Gasteiger partial charge in [-0.05, 0) is 80.9 Å². The Morgan fingerprint density at radius 1 is 0.943 bits per heavy atom. The summed E-state index contributed by atoms with van der Waals surface area (Å²) in [5.74, 6) is 1.14. The van der Waals surface area contributed by atoms with Crippen molar-refractivity contribution >= 4 is 29.3 Å². The SMILES string of the molecule is CCOc1ccc(CCN2C(=O)/C(=C\c3ccc(OC(F)F)c(OCC)c3)NC2=S)cc1OCC. The van der Waals surface area contributed by atoms with Crippen LogP contribution in [0.5, 0.6) is 23.0 Å². The minimum absolute atomic E-state index is 0.0753. The molecule has 2 aromatic carbocycles. The van der Waals surface area contributed by atoms with Gasteiger partial charge >= 0.3 is 6.61 Å². The normalized spacial score (nSPS) is 14.5. The summed E-state index contributed by atoms with van der Waals surface area (Å²) in [5, 5.41) is 3.22. The molecule has 0 radical (unpaired) electrons. The van der Waals surface area contributed by atoms with Crippen molar-refractivity contribution in [3.63, 3.8) is 0 Å². The quantitative estimate of drug-likeness (QED) is 0.328. The molecule has 1 aliphatic heterocycles. The zero-order valence-electron chi connectivity index (χ0n) is 19.8. The number of halogens is 2. The van der Waals surface area contributed by atoms with Gasteiger partial charge in [-0.2, -0.15) is 8.78 Å². The van der Waals surface area contributed by atoms with Crippen LogP contribution in [0.15, 0.2) is 42.1 Å². The first-order valence-corrected chi connectivity index (χ1v) is 11.7. The first kappa shape index (κ1) is 26.2. The lowest BCUT2D eigenvalue weighted by Crippen LogP contribution is -2.32. The highest BCUT2D eigenvalue weighted by molar-refractivity contribution is 7.80. The predicted octanol–water partition coefficient (Wildman–Crippen LogP) is 4.78. The average Bonchev–Trinajstić information content (AvgIpc) is 3.08. The number of nitrogens with one attached hydrogen (secondary N) is 1. The van der Waals surface area contributed by atoms with E-state index in [0.29, 0.717) is 48.4 Å². The van der Waals surface area contributed by atoms with Gasteiger partial charge in [-0.1, -0.05) is 12.1 Å². The molecule has 10 heteroatoms. The van der Waals surface area contributed by atoms with Crippen molar-refractivity contribution in [3.8, 4) is 23.0 Å². The van der Waals surface area contributed by atoms with Crippen LogP contribution in [0.1, 0.15) is 31.9 Å². The second-order valence-electron chi connectivity index (χ2n) is 7.36. The summed E-state index contributed by atoms with van der Waals surface area (Å²) in [5.41, 5.74) is 1.83. The van der Waals surface area contributed by atoms with Crippen molar-refractivity contribution in [2.24, 2.45) is 0 Å². The van der Waals surface area contributed by atoms with Gasteiger partial charge in [0, 0.05) is 6.54 Å². The third-order valence-electron chi connectivity index (χ3n) is 4.99. The van der Waals surface area contributed by atoms with E-state index >= 15 is 0 Å². The molecular weight excluding hydrogens is 478 g/mol. The Hall–Kier alpha value is -3.40. The third-order valence-corrected chi connectivity index (χ3v) is 5.31. The molecule has 1 amide bonds. The number of ether oxygens (including phenoxy) is 4. The predicted molar refractivity (Wildman–Crippen MR) is 132 cm³/mol. The fourth-order valence-corrected chi connectivity index (χ4v) is 3.79. The third kappa shape index (κ3) is 6.82. The summed E-state index contributed by atoms with van der Waals surface area (Å²) in [7, 11) is 0. The van der Waals surface area contributed by atoms with E-state index < -0.39 is 6.61 Å². The van der Waals surface area contributed by atoms with E-state index in [1.165, 1.54) is 17.0 Å². The Morgan fingerprint density at radius 3 is 2.23 bits per heavy atom. The maximum atomic E-state index is 13.0. The number of thiocarbonyl (C=S) groups is 1. The van der Waals surface area contributed by atoms with Crippen LogP contribution in [0.2, 0.25) is 0 Å². The lowest BCUT2D eigenvalue weighted by Gasteiger charge is -2.16. The van der Waals surface area contributed by atoms with Crippen molar-refractivity contribution in [2.75, 3.05) is 26.4 Å². The molecule has 1 heterocycles. The smallest absolute Gasteiger partial charge is 0.387 e. The van der Waals surface area contributed by atoms with Gasteiger partial charge in [0.05, 0.1) is 19.8 Å². The highest BCUT2D eigenvalue weighted by Crippen LogP contribution is 2.31. The Labute approximate surface area is 208 Å². The Kier molecular flexibility index (Phi) is 9.25. The van der Waals surface area contributed by atoms with Crippen molar-refractivity contribution < 1.29 is 32.5 Å². The minimum Gasteiger partial charge on any atom is -0.490 e. The fourth-order valence-electron chi connectivity index (χ4n) is 3.51. The van der Waals surface area contributed by atoms with E-state index in [4.69, 9.17) is 26.4 Å². The molecule has 1 fully saturated rings. The molecule has 7 nitrogen and oxygen atoms in total. The molecule has 0 spiro atoms. The van der Waals surface area contributed by atoms with Crippen molar-refractivity contribution in [1.82, 2.24) is 10.2 Å². The second kappa shape index (κ2) is 12.3. The van der Waals surface area contributed by atoms with Crippen LogP contribution >= 0.6 is 12.2 Å². The van der Waals surface area contributed by atoms with Crippen LogP contribution in [-0.2, 0) is 11.2 Å². The molecule has 0 aromatic heterocycles. The van der Waals surface area contributed by atoms with Crippen molar-refractivity contribution in [2.45, 2.75) is 33.8 Å². The minimum atomic E-state index is -2.97. The molecule has 188 valence electrons. The number of benzene rings is 2. The van der Waals surface area contributed by atoms with E-state index in [1.807, 2.05) is 32.0 Å². The van der Waals surface area contributed by atoms with Gasteiger partial charge in [-0.25, -0.2) is 0 Å². The first-order valence-electron chi connectivity index (χ1n) is 11.3. The number of alkyl halides is 2. The standard InChI is InChI=1S/C25H28F2N2O5S/c1-4-31-19-9-7-16(14-21(19)32-5-2)11-12-29-23(30)18(28-25(29)35)13-17-8-10-20(34-24(26)27)22(15-17)33-6-3/h7-10,13-15,24H,4-6,11-12H2,1-3H3,(H,28,35)/b18-13+. The monoisotopic (exact) mass is 506 g/mol. The summed E-state index contributed by atoms with van der Waals surface area (Å²) in [6.07, 6.45) is 2.15. The van der Waals surface area contributed by atoms with Crippen LogP contribution < -0.4 is 24.3 Å². The Balaban J connectivity index is 1.72. The van der Waals surface area contributed by atoms with E-state index in [-0.39, 0.29) is 29.7 Å². The van der Waals surface area contributed by atoms with Crippen LogP contribution in [0, 0.1) is 0 Å². The number of rotatable bonds is 12. The highest BCUT2D eigenvalue weighted by Gasteiger charge is 2.30. The van der Waals surface area contributed by atoms with Crippen molar-refractivity contribution in [3.05, 3.63) is 53.2 Å². The Morgan fingerprint density at radius 2 is 1.57 bits per heavy atom. The summed E-state index contributed by atoms with van der Waals surface area (Å²) >= 11 is 5.36. The molecule has 1 aliphatic rings. The molecule has 2 aromatic rings. The summed E-state index contributed by atoms with van der Waals surface area (Å²) in [6, 6.07) is 10.2. The summed E-state index contributed by atoms with van der Waals surface area (Å²) in [6.45, 7) is 4.25. The van der Waals surface area contributed by atoms with E-state index in [0.717, 1.165) is 5.56 Å². The van der Waals surface area contributed by atoms with Crippen LogP contribution in [-0.4, -0.2) is 48.9 Å². The molecule has 0 unspecified atom stereocenters. The molecule has 35 heavy (non-hydrogen) atoms. The van der Waals surface area contributed by atoms with E-state index in [2.05, 4.69) is 10.1 Å². The van der Waals surface area contributed by atoms with Crippen LogP contribution in [0.4, 0.5) is 8.78 Å². The average molecular weight is 507 g/mol. The zero-order chi connectivity index (χ0) is 25.4. The molecule has 0 aliphatic carbocycles. The van der Waals surface area contributed by atoms with Crippen LogP contribution in [0.3, 0.4) is 0 Å². The van der Waals surface area contributed by atoms with Gasteiger partial charge in [0.25, 0.3) is 5.91 Å². The zero-order valence-corrected chi connectivity index (χ0v) is 20.6. The van der Waals surface area contributed by atoms with Gasteiger partial charge in [0.1, 0.15) is 5.70 Å². The van der Waals surface area contributed by atoms with Gasteiger partial charge in [0.15, 0.2) is 28.1 Å². The topological polar surface area (TPSA) is 69.3 Å². The van der Waals surface area contributed by atoms with E-state index in [1.54, 1.807) is 19.1 Å². The summed E-state index contributed by atoms with van der Waals surface area (Å²) < 4.78 is 46.4. The lowest BCUT2D eigenvalue weighted by atomic mass is 10.1. The number of hydrogen-bond donors (Lipinski definition) is 1. The number of carbonyl (C=O) groups is 1. The molecule has 1 N–H and O–H groups in total. The number of carbonyl (C=O) groups excluding carboxylic acids is 1. The second-order valence-corrected chi connectivity index (χ2v) is 7.75. The number of amides is 1. The highest BCUT2D eigenvalue weighted by atomic mass is 32.1. The maximum Gasteiger partial charge on any atom is 0.387 e. The molecule has 0 bridgehead atoms.